The molecule has 1 aromatic heterocycles. The summed E-state index contributed by atoms with van der Waals surface area (Å²) in [7, 11) is 0. The lowest BCUT2D eigenvalue weighted by atomic mass is 10.1. The molecule has 1 aromatic carbocycles. The van der Waals surface area contributed by atoms with E-state index in [0.29, 0.717) is 5.56 Å². The third-order valence-corrected chi connectivity index (χ3v) is 2.62. The molecule has 1 heterocycles. The van der Waals surface area contributed by atoms with E-state index in [1.54, 1.807) is 6.07 Å². The van der Waals surface area contributed by atoms with Crippen LogP contribution in [0.2, 0.25) is 0 Å². The molecule has 0 amide bonds. The number of rotatable bonds is 2. The Hall–Kier alpha value is -3.06. The molecule has 0 aliphatic heterocycles. The van der Waals surface area contributed by atoms with Crippen LogP contribution < -0.4 is 5.32 Å². The molecule has 0 fully saturated rings. The molecule has 4 nitrogen and oxygen atoms in total. The fourth-order valence-corrected chi connectivity index (χ4v) is 1.63. The van der Waals surface area contributed by atoms with Crippen LogP contribution in [0.3, 0.4) is 0 Å². The summed E-state index contributed by atoms with van der Waals surface area (Å²) in [6, 6.07) is 9.32. The maximum atomic E-state index is 12.6. The molecule has 0 unspecified atom stereocenters. The van der Waals surface area contributed by atoms with E-state index in [1.165, 1.54) is 18.3 Å². The van der Waals surface area contributed by atoms with Gasteiger partial charge in [-0.2, -0.15) is 23.7 Å². The molecule has 0 aliphatic rings. The van der Waals surface area contributed by atoms with Gasteiger partial charge in [-0.1, -0.05) is 0 Å². The zero-order valence-corrected chi connectivity index (χ0v) is 10.4. The van der Waals surface area contributed by atoms with Gasteiger partial charge in [-0.05, 0) is 30.3 Å². The second kappa shape index (κ2) is 5.51. The third-order valence-electron chi connectivity index (χ3n) is 2.62. The monoisotopic (exact) mass is 288 g/mol. The van der Waals surface area contributed by atoms with E-state index >= 15 is 0 Å². The minimum atomic E-state index is -4.51. The zero-order chi connectivity index (χ0) is 15.5. The average molecular weight is 288 g/mol. The van der Waals surface area contributed by atoms with E-state index in [0.717, 1.165) is 18.2 Å². The van der Waals surface area contributed by atoms with Crippen molar-refractivity contribution in [1.29, 1.82) is 10.5 Å². The summed E-state index contributed by atoms with van der Waals surface area (Å²) >= 11 is 0. The first kappa shape index (κ1) is 14.4. The third kappa shape index (κ3) is 3.28. The molecule has 7 heteroatoms. The van der Waals surface area contributed by atoms with Crippen molar-refractivity contribution in [3.63, 3.8) is 0 Å². The fourth-order valence-electron chi connectivity index (χ4n) is 1.63. The maximum absolute atomic E-state index is 12.6. The van der Waals surface area contributed by atoms with Crippen LogP contribution in [0.5, 0.6) is 0 Å². The molecule has 0 bridgehead atoms. The summed E-state index contributed by atoms with van der Waals surface area (Å²) in [5.41, 5.74) is -0.525. The molecule has 104 valence electrons. The maximum Gasteiger partial charge on any atom is 0.416 e. The topological polar surface area (TPSA) is 72.5 Å². The van der Waals surface area contributed by atoms with Gasteiger partial charge in [0.1, 0.15) is 11.9 Å². The van der Waals surface area contributed by atoms with Crippen molar-refractivity contribution in [3.8, 4) is 12.1 Å². The molecule has 0 saturated heterocycles. The van der Waals surface area contributed by atoms with E-state index in [1.807, 2.05) is 6.07 Å². The molecule has 2 aromatic rings. The Morgan fingerprint density at radius 2 is 1.81 bits per heavy atom. The van der Waals surface area contributed by atoms with Crippen LogP contribution in [-0.4, -0.2) is 4.98 Å². The van der Waals surface area contributed by atoms with Gasteiger partial charge in [-0.3, -0.25) is 0 Å². The summed E-state index contributed by atoms with van der Waals surface area (Å²) in [6.07, 6.45) is -3.12. The Kier molecular flexibility index (Phi) is 3.77. The quantitative estimate of drug-likeness (QED) is 0.916. The van der Waals surface area contributed by atoms with Gasteiger partial charge in [-0.15, -0.1) is 0 Å². The molecule has 0 atom stereocenters. The first-order valence-corrected chi connectivity index (χ1v) is 5.68. The van der Waals surface area contributed by atoms with Gasteiger partial charge in [0, 0.05) is 6.20 Å². The predicted molar refractivity (Wildman–Crippen MR) is 68.4 cm³/mol. The Bertz CT molecular complexity index is 754. The van der Waals surface area contributed by atoms with E-state index in [9.17, 15) is 13.2 Å². The summed E-state index contributed by atoms with van der Waals surface area (Å²) in [4.78, 5) is 3.94. The summed E-state index contributed by atoms with van der Waals surface area (Å²) in [5, 5.41) is 20.5. The number of nitriles is 2. The van der Waals surface area contributed by atoms with Crippen molar-refractivity contribution in [2.24, 2.45) is 0 Å². The first-order valence-electron chi connectivity index (χ1n) is 5.68. The van der Waals surface area contributed by atoms with Crippen molar-refractivity contribution in [2.75, 3.05) is 5.32 Å². The van der Waals surface area contributed by atoms with Gasteiger partial charge in [0.05, 0.1) is 28.4 Å². The highest BCUT2D eigenvalue weighted by atomic mass is 19.4. The lowest BCUT2D eigenvalue weighted by Crippen LogP contribution is -2.06. The summed E-state index contributed by atoms with van der Waals surface area (Å²) in [6.45, 7) is 0. The lowest BCUT2D eigenvalue weighted by molar-refractivity contribution is -0.137. The highest BCUT2D eigenvalue weighted by Crippen LogP contribution is 2.32. The predicted octanol–water partition coefficient (Wildman–Crippen LogP) is 3.59. The van der Waals surface area contributed by atoms with Crippen molar-refractivity contribution >= 4 is 11.5 Å². The molecular formula is C14H7F3N4. The van der Waals surface area contributed by atoms with Crippen LogP contribution in [0.1, 0.15) is 16.7 Å². The molecule has 0 saturated carbocycles. The molecule has 21 heavy (non-hydrogen) atoms. The van der Waals surface area contributed by atoms with Crippen molar-refractivity contribution in [2.45, 2.75) is 6.18 Å². The van der Waals surface area contributed by atoms with Gasteiger partial charge >= 0.3 is 6.18 Å². The lowest BCUT2D eigenvalue weighted by Gasteiger charge is -2.11. The largest absolute Gasteiger partial charge is 0.416 e. The number of halogens is 3. The second-order valence-corrected chi connectivity index (χ2v) is 4.04. The smallest absolute Gasteiger partial charge is 0.339 e. The molecule has 0 spiro atoms. The second-order valence-electron chi connectivity index (χ2n) is 4.04. The van der Waals surface area contributed by atoms with E-state index in [4.69, 9.17) is 10.5 Å². The number of anilines is 2. The van der Waals surface area contributed by atoms with Crippen molar-refractivity contribution in [1.82, 2.24) is 4.98 Å². The Balaban J connectivity index is 2.37. The molecule has 0 radical (unpaired) electrons. The SMILES string of the molecule is N#Cc1ccnc(Nc2ccc(C(F)(F)F)cc2C#N)c1. The van der Waals surface area contributed by atoms with Crippen molar-refractivity contribution in [3.05, 3.63) is 53.2 Å². The number of nitrogens with zero attached hydrogens (tertiary/aromatic N) is 3. The highest BCUT2D eigenvalue weighted by Gasteiger charge is 2.31. The van der Waals surface area contributed by atoms with E-state index in [-0.39, 0.29) is 17.1 Å². The van der Waals surface area contributed by atoms with Crippen LogP contribution in [0, 0.1) is 22.7 Å². The number of pyridine rings is 1. The Morgan fingerprint density at radius 1 is 1.05 bits per heavy atom. The van der Waals surface area contributed by atoms with Crippen LogP contribution in [0.4, 0.5) is 24.7 Å². The van der Waals surface area contributed by atoms with Gasteiger partial charge < -0.3 is 5.32 Å². The standard InChI is InChI=1S/C14H7F3N4/c15-14(16,17)11-1-2-12(10(6-11)8-19)21-13-5-9(7-18)3-4-20-13/h1-6H,(H,20,21). The van der Waals surface area contributed by atoms with Crippen LogP contribution >= 0.6 is 0 Å². The molecule has 1 N–H and O–H groups in total. The van der Waals surface area contributed by atoms with Gasteiger partial charge in [0.2, 0.25) is 0 Å². The van der Waals surface area contributed by atoms with Gasteiger partial charge in [-0.25, -0.2) is 4.98 Å². The number of benzene rings is 1. The molecule has 2 rings (SSSR count). The summed E-state index contributed by atoms with van der Waals surface area (Å²) < 4.78 is 37.7. The molecule has 0 aliphatic carbocycles. The average Bonchev–Trinajstić information content (AvgIpc) is 2.46. The Morgan fingerprint density at radius 3 is 2.43 bits per heavy atom. The van der Waals surface area contributed by atoms with Crippen LogP contribution in [-0.2, 0) is 6.18 Å². The molecular weight excluding hydrogens is 281 g/mol. The van der Waals surface area contributed by atoms with E-state index < -0.39 is 11.7 Å². The number of aromatic nitrogens is 1. The van der Waals surface area contributed by atoms with Crippen LogP contribution in [0.25, 0.3) is 0 Å². The highest BCUT2D eigenvalue weighted by molar-refractivity contribution is 5.66. The number of hydrogen-bond donors (Lipinski definition) is 1. The normalized spacial score (nSPS) is 10.5. The Labute approximate surface area is 118 Å². The number of nitrogens with one attached hydrogen (secondary N) is 1. The van der Waals surface area contributed by atoms with Gasteiger partial charge in [0.15, 0.2) is 0 Å². The number of hydrogen-bond acceptors (Lipinski definition) is 4. The zero-order valence-electron chi connectivity index (χ0n) is 10.4. The fraction of sp³-hybridized carbons (Fsp3) is 0.0714. The minimum absolute atomic E-state index is 0.158. The first-order chi connectivity index (χ1) is 9.94. The van der Waals surface area contributed by atoms with Crippen LogP contribution in [0.15, 0.2) is 36.5 Å². The minimum Gasteiger partial charge on any atom is -0.339 e. The van der Waals surface area contributed by atoms with Gasteiger partial charge in [0.25, 0.3) is 0 Å². The van der Waals surface area contributed by atoms with Crippen molar-refractivity contribution < 1.29 is 13.2 Å². The summed E-state index contributed by atoms with van der Waals surface area (Å²) in [5.74, 6) is 0.269. The van der Waals surface area contributed by atoms with E-state index in [2.05, 4.69) is 10.3 Å². The number of alkyl halides is 3.